The van der Waals surface area contributed by atoms with E-state index in [0.717, 1.165) is 13.2 Å². The van der Waals surface area contributed by atoms with E-state index in [1.807, 2.05) is 0 Å². The van der Waals surface area contributed by atoms with E-state index < -0.39 is 17.7 Å². The standard InChI is InChI=1S/C13H13FN2O4S/c1-20-13(19)9-4-8(2-3-10(9)14)15-11(17)5-16-7-21-6-12(16)18/h2-4H,5-7H2,1H3,(H,15,17). The number of ether oxygens (including phenoxy) is 1. The summed E-state index contributed by atoms with van der Waals surface area (Å²) >= 11 is 1.44. The van der Waals surface area contributed by atoms with E-state index in [2.05, 4.69) is 10.1 Å². The molecule has 1 aliphatic rings. The summed E-state index contributed by atoms with van der Waals surface area (Å²) in [6.45, 7) is -0.0727. The van der Waals surface area contributed by atoms with Gasteiger partial charge in [-0.05, 0) is 18.2 Å². The Bertz CT molecular complexity index is 594. The molecular formula is C13H13FN2O4S. The van der Waals surface area contributed by atoms with E-state index in [4.69, 9.17) is 0 Å². The quantitative estimate of drug-likeness (QED) is 0.842. The fourth-order valence-corrected chi connectivity index (χ4v) is 2.69. The maximum atomic E-state index is 13.5. The van der Waals surface area contributed by atoms with Crippen LogP contribution < -0.4 is 5.32 Å². The highest BCUT2D eigenvalue weighted by Gasteiger charge is 2.23. The third-order valence-corrected chi connectivity index (χ3v) is 3.76. The van der Waals surface area contributed by atoms with Crippen LogP contribution in [0, 0.1) is 5.82 Å². The van der Waals surface area contributed by atoms with Gasteiger partial charge in [-0.25, -0.2) is 9.18 Å². The third kappa shape index (κ3) is 3.72. The molecule has 8 heteroatoms. The van der Waals surface area contributed by atoms with Crippen LogP contribution >= 0.6 is 11.8 Å². The molecule has 1 aromatic carbocycles. The molecule has 0 spiro atoms. The van der Waals surface area contributed by atoms with Crippen LogP contribution in [0.25, 0.3) is 0 Å². The number of nitrogens with zero attached hydrogens (tertiary/aromatic N) is 1. The summed E-state index contributed by atoms with van der Waals surface area (Å²) in [4.78, 5) is 36.0. The van der Waals surface area contributed by atoms with Crippen molar-refractivity contribution in [1.82, 2.24) is 4.90 Å². The molecule has 2 rings (SSSR count). The first-order valence-corrected chi connectivity index (χ1v) is 7.20. The topological polar surface area (TPSA) is 75.7 Å². The zero-order chi connectivity index (χ0) is 15.4. The monoisotopic (exact) mass is 312 g/mol. The fourth-order valence-electron chi connectivity index (χ4n) is 1.78. The largest absolute Gasteiger partial charge is 0.465 e. The number of esters is 1. The van der Waals surface area contributed by atoms with Crippen LogP contribution in [0.3, 0.4) is 0 Å². The molecule has 1 saturated heterocycles. The van der Waals surface area contributed by atoms with Gasteiger partial charge in [0.15, 0.2) is 0 Å². The number of hydrogen-bond donors (Lipinski definition) is 1. The minimum Gasteiger partial charge on any atom is -0.465 e. The lowest BCUT2D eigenvalue weighted by Gasteiger charge is -2.14. The van der Waals surface area contributed by atoms with Crippen molar-refractivity contribution in [3.63, 3.8) is 0 Å². The maximum absolute atomic E-state index is 13.5. The van der Waals surface area contributed by atoms with Gasteiger partial charge in [-0.3, -0.25) is 9.59 Å². The van der Waals surface area contributed by atoms with Gasteiger partial charge >= 0.3 is 5.97 Å². The van der Waals surface area contributed by atoms with Crippen LogP contribution in [0.2, 0.25) is 0 Å². The SMILES string of the molecule is COC(=O)c1cc(NC(=O)CN2CSCC2=O)ccc1F. The molecule has 112 valence electrons. The molecule has 0 aromatic heterocycles. The van der Waals surface area contributed by atoms with Crippen molar-refractivity contribution in [1.29, 1.82) is 0 Å². The molecular weight excluding hydrogens is 299 g/mol. The lowest BCUT2D eigenvalue weighted by Crippen LogP contribution is -2.34. The second-order valence-electron chi connectivity index (χ2n) is 4.30. The van der Waals surface area contributed by atoms with Crippen molar-refractivity contribution < 1.29 is 23.5 Å². The van der Waals surface area contributed by atoms with Crippen molar-refractivity contribution in [2.75, 3.05) is 30.6 Å². The summed E-state index contributed by atoms with van der Waals surface area (Å²) in [7, 11) is 1.14. The van der Waals surface area contributed by atoms with E-state index in [1.165, 1.54) is 28.8 Å². The molecule has 1 N–H and O–H groups in total. The Balaban J connectivity index is 2.03. The van der Waals surface area contributed by atoms with Crippen molar-refractivity contribution in [3.8, 4) is 0 Å². The highest BCUT2D eigenvalue weighted by atomic mass is 32.2. The summed E-state index contributed by atoms with van der Waals surface area (Å²) in [5, 5.41) is 2.52. The van der Waals surface area contributed by atoms with Crippen LogP contribution in [-0.2, 0) is 14.3 Å². The summed E-state index contributed by atoms with van der Waals surface area (Å²) in [5.74, 6) is -1.21. The zero-order valence-electron chi connectivity index (χ0n) is 11.2. The molecule has 1 fully saturated rings. The second-order valence-corrected chi connectivity index (χ2v) is 5.26. The van der Waals surface area contributed by atoms with Crippen molar-refractivity contribution >= 4 is 35.2 Å². The molecule has 0 radical (unpaired) electrons. The van der Waals surface area contributed by atoms with Gasteiger partial charge in [0.2, 0.25) is 11.8 Å². The summed E-state index contributed by atoms with van der Waals surface area (Å²) in [6.07, 6.45) is 0. The number of carbonyl (C=O) groups is 3. The van der Waals surface area contributed by atoms with Crippen molar-refractivity contribution in [2.24, 2.45) is 0 Å². The van der Waals surface area contributed by atoms with E-state index in [9.17, 15) is 18.8 Å². The molecule has 0 bridgehead atoms. The van der Waals surface area contributed by atoms with Crippen LogP contribution in [0.5, 0.6) is 0 Å². The van der Waals surface area contributed by atoms with Crippen LogP contribution in [0.4, 0.5) is 10.1 Å². The van der Waals surface area contributed by atoms with Gasteiger partial charge in [0.05, 0.1) is 24.3 Å². The number of halogens is 1. The number of nitrogens with one attached hydrogen (secondary N) is 1. The summed E-state index contributed by atoms with van der Waals surface area (Å²) in [5.41, 5.74) is 0.00389. The molecule has 0 aliphatic carbocycles. The van der Waals surface area contributed by atoms with Crippen LogP contribution in [0.15, 0.2) is 18.2 Å². The molecule has 0 saturated carbocycles. The molecule has 2 amide bonds. The van der Waals surface area contributed by atoms with E-state index in [1.54, 1.807) is 0 Å². The van der Waals surface area contributed by atoms with Gasteiger partial charge in [0.1, 0.15) is 12.4 Å². The lowest BCUT2D eigenvalue weighted by molar-refractivity contribution is -0.130. The first-order chi connectivity index (χ1) is 10.0. The minimum absolute atomic E-state index is 0.0727. The number of methoxy groups -OCH3 is 1. The molecule has 1 aliphatic heterocycles. The number of benzene rings is 1. The van der Waals surface area contributed by atoms with Crippen molar-refractivity contribution in [3.05, 3.63) is 29.6 Å². The fraction of sp³-hybridized carbons (Fsp3) is 0.308. The number of thioether (sulfide) groups is 1. The Morgan fingerprint density at radius 2 is 2.24 bits per heavy atom. The normalized spacial score (nSPS) is 14.2. The number of amides is 2. The second kappa shape index (κ2) is 6.57. The smallest absolute Gasteiger partial charge is 0.340 e. The molecule has 6 nitrogen and oxygen atoms in total. The van der Waals surface area contributed by atoms with Gasteiger partial charge in [0.25, 0.3) is 0 Å². The highest BCUT2D eigenvalue weighted by molar-refractivity contribution is 8.00. The lowest BCUT2D eigenvalue weighted by atomic mass is 10.2. The van der Waals surface area contributed by atoms with Crippen molar-refractivity contribution in [2.45, 2.75) is 0 Å². The Hall–Kier alpha value is -2.09. The van der Waals surface area contributed by atoms with Gasteiger partial charge < -0.3 is 15.0 Å². The van der Waals surface area contributed by atoms with Crippen LogP contribution in [-0.4, -0.2) is 48.0 Å². The molecule has 1 heterocycles. The number of rotatable bonds is 4. The highest BCUT2D eigenvalue weighted by Crippen LogP contribution is 2.17. The Morgan fingerprint density at radius 1 is 1.48 bits per heavy atom. The Labute approximate surface area is 124 Å². The predicted octanol–water partition coefficient (Wildman–Crippen LogP) is 1.08. The maximum Gasteiger partial charge on any atom is 0.340 e. The number of hydrogen-bond acceptors (Lipinski definition) is 5. The molecule has 0 atom stereocenters. The van der Waals surface area contributed by atoms with Gasteiger partial charge in [0, 0.05) is 5.69 Å². The molecule has 21 heavy (non-hydrogen) atoms. The Morgan fingerprint density at radius 3 is 2.86 bits per heavy atom. The Kier molecular flexibility index (Phi) is 4.79. The van der Waals surface area contributed by atoms with Gasteiger partial charge in [-0.2, -0.15) is 0 Å². The van der Waals surface area contributed by atoms with E-state index >= 15 is 0 Å². The van der Waals surface area contributed by atoms with E-state index in [0.29, 0.717) is 11.6 Å². The molecule has 1 aromatic rings. The average molecular weight is 312 g/mol. The third-order valence-electron chi connectivity index (χ3n) is 2.82. The predicted molar refractivity (Wildman–Crippen MR) is 75.4 cm³/mol. The number of carbonyl (C=O) groups excluding carboxylic acids is 3. The summed E-state index contributed by atoms with van der Waals surface area (Å²) < 4.78 is 17.9. The molecule has 0 unspecified atom stereocenters. The van der Waals surface area contributed by atoms with Gasteiger partial charge in [-0.15, -0.1) is 11.8 Å². The van der Waals surface area contributed by atoms with Gasteiger partial charge in [-0.1, -0.05) is 0 Å². The van der Waals surface area contributed by atoms with E-state index in [-0.39, 0.29) is 23.7 Å². The summed E-state index contributed by atoms with van der Waals surface area (Å²) in [6, 6.07) is 3.60. The zero-order valence-corrected chi connectivity index (χ0v) is 12.0. The first-order valence-electron chi connectivity index (χ1n) is 6.04. The van der Waals surface area contributed by atoms with Crippen LogP contribution in [0.1, 0.15) is 10.4 Å². The minimum atomic E-state index is -0.824. The number of anilines is 1. The first kappa shape index (κ1) is 15.3. The average Bonchev–Trinajstić information content (AvgIpc) is 2.85.